The molecule has 0 N–H and O–H groups in total. The van der Waals surface area contributed by atoms with E-state index in [4.69, 9.17) is 11.6 Å². The number of alkyl halides is 1. The molecule has 16 heavy (non-hydrogen) atoms. The van der Waals surface area contributed by atoms with Gasteiger partial charge in [-0.15, -0.1) is 11.6 Å². The number of halogens is 1. The second-order valence-electron chi connectivity index (χ2n) is 4.64. The highest BCUT2D eigenvalue weighted by Gasteiger charge is 2.05. The van der Waals surface area contributed by atoms with Crippen LogP contribution in [0.2, 0.25) is 0 Å². The first-order chi connectivity index (χ1) is 7.72. The van der Waals surface area contributed by atoms with Crippen molar-refractivity contribution in [3.05, 3.63) is 35.4 Å². The van der Waals surface area contributed by atoms with Crippen LogP contribution in [0.3, 0.4) is 0 Å². The Hall–Kier alpha value is -0.490. The molecular weight excluding hydrogens is 216 g/mol. The highest BCUT2D eigenvalue weighted by Crippen LogP contribution is 2.16. The summed E-state index contributed by atoms with van der Waals surface area (Å²) in [7, 11) is 0. The highest BCUT2D eigenvalue weighted by atomic mass is 35.5. The van der Waals surface area contributed by atoms with Crippen LogP contribution >= 0.6 is 11.6 Å². The number of unbranched alkanes of at least 4 members (excludes halogenated alkanes) is 3. The zero-order chi connectivity index (χ0) is 11.8. The van der Waals surface area contributed by atoms with E-state index in [1.54, 1.807) is 0 Å². The lowest BCUT2D eigenvalue weighted by molar-refractivity contribution is 0.612. The number of rotatable bonds is 7. The molecule has 0 bridgehead atoms. The van der Waals surface area contributed by atoms with Gasteiger partial charge in [0.05, 0.1) is 0 Å². The van der Waals surface area contributed by atoms with E-state index in [0.717, 1.165) is 12.8 Å². The molecule has 0 nitrogen and oxygen atoms in total. The van der Waals surface area contributed by atoms with E-state index < -0.39 is 0 Å². The molecule has 1 aromatic rings. The van der Waals surface area contributed by atoms with Crippen molar-refractivity contribution in [3.63, 3.8) is 0 Å². The van der Waals surface area contributed by atoms with Crippen LogP contribution < -0.4 is 0 Å². The first-order valence-electron chi connectivity index (χ1n) is 6.42. The smallest absolute Gasteiger partial charge is 0.0376 e. The maximum Gasteiger partial charge on any atom is 0.0376 e. The first kappa shape index (κ1) is 13.6. The van der Waals surface area contributed by atoms with E-state index in [0.29, 0.717) is 5.38 Å². The second-order valence-corrected chi connectivity index (χ2v) is 5.26. The van der Waals surface area contributed by atoms with Gasteiger partial charge in [0.1, 0.15) is 0 Å². The van der Waals surface area contributed by atoms with Crippen molar-refractivity contribution < 1.29 is 0 Å². The van der Waals surface area contributed by atoms with E-state index in [1.807, 2.05) is 0 Å². The van der Waals surface area contributed by atoms with Crippen molar-refractivity contribution in [1.29, 1.82) is 0 Å². The molecule has 0 amide bonds. The van der Waals surface area contributed by atoms with Crippen LogP contribution in [0.15, 0.2) is 24.3 Å². The Balaban J connectivity index is 2.25. The number of aryl methyl sites for hydroxylation is 1. The molecule has 0 heterocycles. The topological polar surface area (TPSA) is 0 Å². The lowest BCUT2D eigenvalue weighted by Gasteiger charge is -2.09. The lowest BCUT2D eigenvalue weighted by Crippen LogP contribution is -2.03. The predicted octanol–water partition coefficient (Wildman–Crippen LogP) is 5.12. The van der Waals surface area contributed by atoms with Crippen molar-refractivity contribution in [2.45, 2.75) is 57.7 Å². The van der Waals surface area contributed by atoms with Crippen LogP contribution in [-0.2, 0) is 6.42 Å². The van der Waals surface area contributed by atoms with Gasteiger partial charge < -0.3 is 0 Å². The minimum Gasteiger partial charge on any atom is -0.123 e. The molecule has 0 aliphatic heterocycles. The largest absolute Gasteiger partial charge is 0.123 e. The van der Waals surface area contributed by atoms with Crippen molar-refractivity contribution in [2.24, 2.45) is 0 Å². The second kappa shape index (κ2) is 7.73. The van der Waals surface area contributed by atoms with Crippen molar-refractivity contribution in [3.8, 4) is 0 Å². The zero-order valence-electron chi connectivity index (χ0n) is 10.5. The number of benzene rings is 1. The molecule has 0 fully saturated rings. The molecule has 90 valence electrons. The fourth-order valence-corrected chi connectivity index (χ4v) is 2.32. The maximum atomic E-state index is 6.35. The summed E-state index contributed by atoms with van der Waals surface area (Å²) in [6.07, 6.45) is 7.39. The van der Waals surface area contributed by atoms with Crippen LogP contribution in [0.25, 0.3) is 0 Å². The van der Waals surface area contributed by atoms with Crippen LogP contribution in [0.1, 0.15) is 50.2 Å². The van der Waals surface area contributed by atoms with Crippen LogP contribution in [-0.4, -0.2) is 5.38 Å². The van der Waals surface area contributed by atoms with E-state index in [-0.39, 0.29) is 0 Å². The van der Waals surface area contributed by atoms with Crippen LogP contribution in [0.5, 0.6) is 0 Å². The average molecular weight is 239 g/mol. The molecule has 0 aliphatic rings. The van der Waals surface area contributed by atoms with E-state index in [9.17, 15) is 0 Å². The Morgan fingerprint density at radius 2 is 2.00 bits per heavy atom. The standard InChI is InChI=1S/C15H23Cl/c1-3-4-5-6-10-15(16)12-14-9-7-8-13(2)11-14/h7-9,11,15H,3-6,10,12H2,1-2H3. The quantitative estimate of drug-likeness (QED) is 0.457. The normalized spacial score (nSPS) is 12.7. The van der Waals surface area contributed by atoms with E-state index in [1.165, 1.54) is 36.8 Å². The minimum atomic E-state index is 0.304. The molecule has 0 spiro atoms. The Bertz CT molecular complexity index is 293. The molecule has 1 unspecified atom stereocenters. The van der Waals surface area contributed by atoms with Gasteiger partial charge in [0.2, 0.25) is 0 Å². The monoisotopic (exact) mass is 238 g/mol. The van der Waals surface area contributed by atoms with Gasteiger partial charge in [0.15, 0.2) is 0 Å². The Morgan fingerprint density at radius 1 is 1.19 bits per heavy atom. The Labute approximate surface area is 105 Å². The highest BCUT2D eigenvalue weighted by molar-refractivity contribution is 6.20. The van der Waals surface area contributed by atoms with Crippen molar-refractivity contribution in [1.82, 2.24) is 0 Å². The predicted molar refractivity (Wildman–Crippen MR) is 73.3 cm³/mol. The summed E-state index contributed by atoms with van der Waals surface area (Å²) in [5.41, 5.74) is 2.70. The number of hydrogen-bond donors (Lipinski definition) is 0. The summed E-state index contributed by atoms with van der Waals surface area (Å²) >= 11 is 6.35. The van der Waals surface area contributed by atoms with Crippen LogP contribution in [0.4, 0.5) is 0 Å². The molecule has 1 aromatic carbocycles. The molecule has 0 aromatic heterocycles. The van der Waals surface area contributed by atoms with Gasteiger partial charge >= 0.3 is 0 Å². The minimum absolute atomic E-state index is 0.304. The summed E-state index contributed by atoms with van der Waals surface area (Å²) in [5, 5.41) is 0.304. The van der Waals surface area contributed by atoms with Crippen molar-refractivity contribution in [2.75, 3.05) is 0 Å². The third kappa shape index (κ3) is 5.55. The fourth-order valence-electron chi connectivity index (χ4n) is 1.99. The zero-order valence-corrected chi connectivity index (χ0v) is 11.3. The van der Waals surface area contributed by atoms with Gasteiger partial charge in [-0.25, -0.2) is 0 Å². The van der Waals surface area contributed by atoms with Gasteiger partial charge in [-0.3, -0.25) is 0 Å². The maximum absolute atomic E-state index is 6.35. The molecule has 0 aliphatic carbocycles. The average Bonchev–Trinajstić information content (AvgIpc) is 2.24. The van der Waals surface area contributed by atoms with Gasteiger partial charge in [-0.05, 0) is 25.3 Å². The molecule has 0 saturated carbocycles. The third-order valence-electron chi connectivity index (χ3n) is 2.91. The van der Waals surface area contributed by atoms with Crippen LogP contribution in [0, 0.1) is 6.92 Å². The number of hydrogen-bond acceptors (Lipinski definition) is 0. The summed E-state index contributed by atoms with van der Waals surface area (Å²) in [5.74, 6) is 0. The lowest BCUT2D eigenvalue weighted by atomic mass is 10.0. The molecule has 1 heteroatoms. The fraction of sp³-hybridized carbons (Fsp3) is 0.600. The molecular formula is C15H23Cl. The van der Waals surface area contributed by atoms with Gasteiger partial charge in [-0.2, -0.15) is 0 Å². The first-order valence-corrected chi connectivity index (χ1v) is 6.85. The van der Waals surface area contributed by atoms with Gasteiger partial charge in [-0.1, -0.05) is 62.4 Å². The van der Waals surface area contributed by atoms with E-state index >= 15 is 0 Å². The summed E-state index contributed by atoms with van der Waals surface area (Å²) in [4.78, 5) is 0. The molecule has 1 rings (SSSR count). The van der Waals surface area contributed by atoms with Crippen molar-refractivity contribution >= 4 is 11.6 Å². The molecule has 0 saturated heterocycles. The Morgan fingerprint density at radius 3 is 2.69 bits per heavy atom. The summed E-state index contributed by atoms with van der Waals surface area (Å²) < 4.78 is 0. The molecule has 1 atom stereocenters. The SMILES string of the molecule is CCCCCCC(Cl)Cc1cccc(C)c1. The Kier molecular flexibility index (Phi) is 6.56. The van der Waals surface area contributed by atoms with Gasteiger partial charge in [0.25, 0.3) is 0 Å². The summed E-state index contributed by atoms with van der Waals surface area (Å²) in [6.45, 7) is 4.37. The molecule has 0 radical (unpaired) electrons. The van der Waals surface area contributed by atoms with E-state index in [2.05, 4.69) is 38.1 Å². The summed E-state index contributed by atoms with van der Waals surface area (Å²) in [6, 6.07) is 8.66. The van der Waals surface area contributed by atoms with Gasteiger partial charge in [0, 0.05) is 5.38 Å². The third-order valence-corrected chi connectivity index (χ3v) is 3.28.